The molecule has 0 saturated heterocycles. The van der Waals surface area contributed by atoms with E-state index in [9.17, 15) is 9.59 Å². The maximum atomic E-state index is 12.8. The van der Waals surface area contributed by atoms with Crippen LogP contribution < -0.4 is 9.47 Å². The van der Waals surface area contributed by atoms with Crippen LogP contribution in [-0.2, 0) is 6.42 Å². The summed E-state index contributed by atoms with van der Waals surface area (Å²) in [4.78, 5) is 26.4. The van der Waals surface area contributed by atoms with Crippen LogP contribution in [0.1, 0.15) is 84.7 Å². The van der Waals surface area contributed by atoms with Gasteiger partial charge in [0, 0.05) is 36.9 Å². The van der Waals surface area contributed by atoms with Crippen molar-refractivity contribution in [2.75, 3.05) is 27.3 Å². The highest BCUT2D eigenvalue weighted by Crippen LogP contribution is 2.32. The Morgan fingerprint density at radius 2 is 1.41 bits per heavy atom. The Kier molecular flexibility index (Phi) is 11.4. The second kappa shape index (κ2) is 14.2. The molecule has 0 aliphatic heterocycles. The number of unbranched alkanes of at least 4 members (excludes halogenated alkanes) is 2. The highest BCUT2D eigenvalue weighted by Gasteiger charge is 2.13. The quantitative estimate of drug-likeness (QED) is 0.179. The van der Waals surface area contributed by atoms with Gasteiger partial charge < -0.3 is 14.4 Å². The van der Waals surface area contributed by atoms with E-state index in [0.717, 1.165) is 61.2 Å². The number of ether oxygens (including phenoxy) is 2. The zero-order valence-corrected chi connectivity index (χ0v) is 21.4. The van der Waals surface area contributed by atoms with Gasteiger partial charge in [-0.05, 0) is 55.2 Å². The van der Waals surface area contributed by atoms with E-state index in [-0.39, 0.29) is 11.7 Å². The van der Waals surface area contributed by atoms with Crippen molar-refractivity contribution in [3.63, 3.8) is 0 Å². The van der Waals surface area contributed by atoms with E-state index in [0.29, 0.717) is 24.3 Å². The third-order valence-electron chi connectivity index (χ3n) is 5.46. The number of hydrogen-bond donors (Lipinski definition) is 0. The summed E-state index contributed by atoms with van der Waals surface area (Å²) < 4.78 is 12.1. The van der Waals surface area contributed by atoms with E-state index >= 15 is 0 Å². The fourth-order valence-electron chi connectivity index (χ4n) is 3.43. The van der Waals surface area contributed by atoms with Crippen molar-refractivity contribution in [1.82, 2.24) is 4.90 Å². The van der Waals surface area contributed by atoms with E-state index in [2.05, 4.69) is 26.8 Å². The van der Waals surface area contributed by atoms with Gasteiger partial charge in [0.1, 0.15) is 11.5 Å². The minimum Gasteiger partial charge on any atom is -0.493 e. The Morgan fingerprint density at radius 1 is 0.824 bits per heavy atom. The number of ketones is 1. The maximum absolute atomic E-state index is 12.8. The van der Waals surface area contributed by atoms with E-state index in [1.54, 1.807) is 44.4 Å². The van der Waals surface area contributed by atoms with Gasteiger partial charge >= 0.3 is 0 Å². The van der Waals surface area contributed by atoms with Gasteiger partial charge in [-0.25, -0.2) is 0 Å². The van der Waals surface area contributed by atoms with Crippen LogP contribution in [0.4, 0.5) is 0 Å². The molecule has 0 unspecified atom stereocenters. The zero-order valence-electron chi connectivity index (χ0n) is 21.4. The molecule has 1 amide bonds. The van der Waals surface area contributed by atoms with E-state index in [1.165, 1.54) is 4.90 Å². The summed E-state index contributed by atoms with van der Waals surface area (Å²) >= 11 is 0. The lowest BCUT2D eigenvalue weighted by Gasteiger charge is -2.16. The number of carbonyl (C=O) groups is 2. The first-order valence-electron chi connectivity index (χ1n) is 12.4. The first-order valence-corrected chi connectivity index (χ1v) is 12.4. The molecule has 0 aromatic heterocycles. The molecule has 2 rings (SSSR count). The molecule has 0 aliphatic rings. The highest BCUT2D eigenvalue weighted by atomic mass is 16.5. The van der Waals surface area contributed by atoms with Gasteiger partial charge in [-0.15, -0.1) is 0 Å². The predicted molar refractivity (Wildman–Crippen MR) is 139 cm³/mol. The second-order valence-corrected chi connectivity index (χ2v) is 8.63. The molecule has 0 spiro atoms. The molecule has 0 fully saturated rings. The van der Waals surface area contributed by atoms with Gasteiger partial charge in [-0.3, -0.25) is 9.59 Å². The lowest BCUT2D eigenvalue weighted by atomic mass is 10.0. The molecular formula is C29H39NO4. The smallest absolute Gasteiger partial charge is 0.253 e. The molecule has 5 nitrogen and oxygen atoms in total. The van der Waals surface area contributed by atoms with E-state index in [4.69, 9.17) is 9.47 Å². The van der Waals surface area contributed by atoms with E-state index in [1.807, 2.05) is 12.1 Å². The van der Waals surface area contributed by atoms with Crippen LogP contribution in [0.5, 0.6) is 11.5 Å². The fourth-order valence-corrected chi connectivity index (χ4v) is 3.43. The zero-order chi connectivity index (χ0) is 24.9. The van der Waals surface area contributed by atoms with Crippen molar-refractivity contribution in [3.8, 4) is 11.5 Å². The first-order chi connectivity index (χ1) is 16.4. The maximum Gasteiger partial charge on any atom is 0.253 e. The van der Waals surface area contributed by atoms with Crippen molar-refractivity contribution in [2.24, 2.45) is 0 Å². The molecule has 0 heterocycles. The molecule has 0 bridgehead atoms. The average Bonchev–Trinajstić information content (AvgIpc) is 2.84. The lowest BCUT2D eigenvalue weighted by Crippen LogP contribution is -2.21. The normalized spacial score (nSPS) is 11.0. The van der Waals surface area contributed by atoms with Gasteiger partial charge in [-0.2, -0.15) is 0 Å². The number of rotatable bonds is 14. The molecule has 5 heteroatoms. The van der Waals surface area contributed by atoms with Crippen molar-refractivity contribution >= 4 is 17.8 Å². The number of aryl methyl sites for hydroxylation is 1. The third kappa shape index (κ3) is 8.05. The molecule has 2 aromatic carbocycles. The van der Waals surface area contributed by atoms with E-state index < -0.39 is 0 Å². The number of hydrogen-bond acceptors (Lipinski definition) is 4. The van der Waals surface area contributed by atoms with Gasteiger partial charge in [0.05, 0.1) is 13.2 Å². The molecular weight excluding hydrogens is 426 g/mol. The fraction of sp³-hybridized carbons (Fsp3) is 0.448. The summed E-state index contributed by atoms with van der Waals surface area (Å²) in [6, 6.07) is 10.8. The van der Waals surface area contributed by atoms with Gasteiger partial charge in [0.15, 0.2) is 5.78 Å². The predicted octanol–water partition coefficient (Wildman–Crippen LogP) is 6.59. The van der Waals surface area contributed by atoms with Gasteiger partial charge in [0.25, 0.3) is 5.91 Å². The van der Waals surface area contributed by atoms with Crippen molar-refractivity contribution in [1.29, 1.82) is 0 Å². The monoisotopic (exact) mass is 465 g/mol. The Labute approximate surface area is 204 Å². The molecule has 0 saturated carbocycles. The van der Waals surface area contributed by atoms with Crippen molar-refractivity contribution < 1.29 is 19.1 Å². The SMILES string of the molecule is CCCCOc1cc(OCCCC)c(CCC)cc1C=CC(=O)c1ccc(C(=O)N(C)C)cc1. The molecule has 0 N–H and O–H groups in total. The Balaban J connectivity index is 2.30. The summed E-state index contributed by atoms with van der Waals surface area (Å²) in [5.41, 5.74) is 3.09. The van der Waals surface area contributed by atoms with Crippen LogP contribution >= 0.6 is 0 Å². The van der Waals surface area contributed by atoms with Crippen molar-refractivity contribution in [2.45, 2.75) is 59.3 Å². The number of amides is 1. The standard InChI is InChI=1S/C29H39NO4/c1-6-9-18-33-27-21-28(34-19-10-7-2)25(20-24(27)11-8-3)16-17-26(31)22-12-14-23(15-13-22)29(32)30(4)5/h12-17,20-21H,6-11,18-19H2,1-5H3. The first kappa shape index (κ1) is 27.2. The molecule has 0 radical (unpaired) electrons. The van der Waals surface area contributed by atoms with Crippen LogP contribution in [0.15, 0.2) is 42.5 Å². The number of carbonyl (C=O) groups excluding carboxylic acids is 2. The highest BCUT2D eigenvalue weighted by molar-refractivity contribution is 6.07. The minimum atomic E-state index is -0.122. The van der Waals surface area contributed by atoms with Crippen LogP contribution in [0, 0.1) is 0 Å². The number of nitrogens with zero attached hydrogens (tertiary/aromatic N) is 1. The summed E-state index contributed by atoms with van der Waals surface area (Å²) in [5.74, 6) is 1.39. The lowest BCUT2D eigenvalue weighted by molar-refractivity contribution is 0.0827. The largest absolute Gasteiger partial charge is 0.493 e. The average molecular weight is 466 g/mol. The van der Waals surface area contributed by atoms with Crippen LogP contribution in [-0.4, -0.2) is 43.9 Å². The Hall–Kier alpha value is -3.08. The van der Waals surface area contributed by atoms with Gasteiger partial charge in [-0.1, -0.05) is 52.2 Å². The van der Waals surface area contributed by atoms with Crippen LogP contribution in [0.3, 0.4) is 0 Å². The summed E-state index contributed by atoms with van der Waals surface area (Å²) in [6.07, 6.45) is 9.37. The molecule has 2 aromatic rings. The molecule has 0 aliphatic carbocycles. The number of allylic oxidation sites excluding steroid dienone is 1. The summed E-state index contributed by atoms with van der Waals surface area (Å²) in [7, 11) is 3.41. The Bertz CT molecular complexity index is 961. The number of benzene rings is 2. The molecule has 0 atom stereocenters. The third-order valence-corrected chi connectivity index (χ3v) is 5.46. The van der Waals surface area contributed by atoms with Crippen LogP contribution in [0.2, 0.25) is 0 Å². The van der Waals surface area contributed by atoms with Crippen LogP contribution in [0.25, 0.3) is 6.08 Å². The topological polar surface area (TPSA) is 55.8 Å². The second-order valence-electron chi connectivity index (χ2n) is 8.63. The molecule has 184 valence electrons. The Morgan fingerprint density at radius 3 is 1.97 bits per heavy atom. The molecule has 34 heavy (non-hydrogen) atoms. The summed E-state index contributed by atoms with van der Waals surface area (Å²) in [6.45, 7) is 7.72. The summed E-state index contributed by atoms with van der Waals surface area (Å²) in [5, 5.41) is 0. The minimum absolute atomic E-state index is 0.0897. The van der Waals surface area contributed by atoms with Gasteiger partial charge in [0.2, 0.25) is 0 Å². The van der Waals surface area contributed by atoms with Crippen molar-refractivity contribution in [3.05, 3.63) is 64.7 Å².